The number of aromatic nitrogens is 2. The van der Waals surface area contributed by atoms with Crippen molar-refractivity contribution in [3.63, 3.8) is 0 Å². The van der Waals surface area contributed by atoms with Crippen molar-refractivity contribution in [2.45, 2.75) is 50.2 Å². The van der Waals surface area contributed by atoms with Gasteiger partial charge in [-0.05, 0) is 74.0 Å². The van der Waals surface area contributed by atoms with Crippen molar-refractivity contribution < 1.29 is 13.9 Å². The highest BCUT2D eigenvalue weighted by atomic mass is 32.2. The van der Waals surface area contributed by atoms with E-state index in [2.05, 4.69) is 10.2 Å². The average Bonchev–Trinajstić information content (AvgIpc) is 3.13. The molecule has 1 aromatic heterocycles. The number of carbonyl (C=O) groups is 1. The second kappa shape index (κ2) is 7.21. The third-order valence-electron chi connectivity index (χ3n) is 6.92. The lowest BCUT2D eigenvalue weighted by Gasteiger charge is -2.55. The van der Waals surface area contributed by atoms with E-state index >= 15 is 0 Å². The van der Waals surface area contributed by atoms with Gasteiger partial charge >= 0.3 is 0 Å². The van der Waals surface area contributed by atoms with Crippen LogP contribution in [0.4, 0.5) is 0 Å². The van der Waals surface area contributed by atoms with Crippen molar-refractivity contribution in [3.8, 4) is 5.75 Å². The van der Waals surface area contributed by atoms with Crippen LogP contribution in [0.1, 0.15) is 50.0 Å². The normalized spacial score (nSPS) is 30.5. The van der Waals surface area contributed by atoms with Crippen molar-refractivity contribution in [1.29, 1.82) is 0 Å². The lowest BCUT2D eigenvalue weighted by atomic mass is 9.48. The highest BCUT2D eigenvalue weighted by molar-refractivity contribution is 7.99. The van der Waals surface area contributed by atoms with Crippen LogP contribution >= 0.6 is 11.8 Å². The fourth-order valence-electron chi connectivity index (χ4n) is 6.02. The molecule has 1 aromatic carbocycles. The second-order valence-electron chi connectivity index (χ2n) is 8.90. The minimum Gasteiger partial charge on any atom is -0.497 e. The number of Topliss-reactive ketones (excluding diaryl/α,β-unsaturated/α-hetero) is 1. The van der Waals surface area contributed by atoms with Crippen molar-refractivity contribution in [1.82, 2.24) is 10.2 Å². The van der Waals surface area contributed by atoms with Crippen LogP contribution < -0.4 is 4.74 Å². The van der Waals surface area contributed by atoms with E-state index in [1.807, 2.05) is 24.3 Å². The number of benzene rings is 1. The molecule has 4 aliphatic carbocycles. The number of rotatable bonds is 7. The Bertz CT molecular complexity index is 826. The summed E-state index contributed by atoms with van der Waals surface area (Å²) >= 11 is 1.41. The van der Waals surface area contributed by atoms with Crippen molar-refractivity contribution in [2.24, 2.45) is 23.2 Å². The Balaban J connectivity index is 1.19. The third kappa shape index (κ3) is 3.47. The average molecular weight is 399 g/mol. The molecule has 6 rings (SSSR count). The Kier molecular flexibility index (Phi) is 4.69. The number of nitrogens with zero attached hydrogens (tertiary/aromatic N) is 2. The highest BCUT2D eigenvalue weighted by Crippen LogP contribution is 2.60. The Labute approximate surface area is 169 Å². The summed E-state index contributed by atoms with van der Waals surface area (Å²) in [6.45, 7) is 0. The van der Waals surface area contributed by atoms with E-state index in [-0.39, 0.29) is 5.41 Å². The molecule has 5 nitrogen and oxygen atoms in total. The van der Waals surface area contributed by atoms with E-state index in [4.69, 9.17) is 9.15 Å². The topological polar surface area (TPSA) is 65.2 Å². The van der Waals surface area contributed by atoms with Crippen molar-refractivity contribution in [3.05, 3.63) is 35.7 Å². The van der Waals surface area contributed by atoms with Crippen LogP contribution in [0.5, 0.6) is 5.75 Å². The van der Waals surface area contributed by atoms with Gasteiger partial charge in [0.05, 0.1) is 19.3 Å². The van der Waals surface area contributed by atoms with Gasteiger partial charge < -0.3 is 9.15 Å². The van der Waals surface area contributed by atoms with E-state index in [0.29, 0.717) is 29.1 Å². The molecule has 0 radical (unpaired) electrons. The van der Waals surface area contributed by atoms with Gasteiger partial charge in [-0.2, -0.15) is 0 Å². The van der Waals surface area contributed by atoms with Crippen molar-refractivity contribution in [2.75, 3.05) is 12.9 Å². The third-order valence-corrected chi connectivity index (χ3v) is 7.74. The molecule has 0 unspecified atom stereocenters. The molecule has 0 spiro atoms. The van der Waals surface area contributed by atoms with Gasteiger partial charge in [0.25, 0.3) is 5.22 Å². The molecular weight excluding hydrogens is 372 g/mol. The first kappa shape index (κ1) is 18.2. The molecule has 0 atom stereocenters. The maximum absolute atomic E-state index is 13.1. The molecule has 4 fully saturated rings. The van der Waals surface area contributed by atoms with Gasteiger partial charge in [0.1, 0.15) is 11.5 Å². The lowest BCUT2D eigenvalue weighted by Crippen LogP contribution is -2.50. The van der Waals surface area contributed by atoms with Crippen LogP contribution in [0.15, 0.2) is 33.9 Å². The minimum absolute atomic E-state index is 0.0479. The molecular formula is C22H26N2O3S. The molecule has 0 N–H and O–H groups in total. The monoisotopic (exact) mass is 398 g/mol. The van der Waals surface area contributed by atoms with Crippen LogP contribution in [0.3, 0.4) is 0 Å². The van der Waals surface area contributed by atoms with E-state index < -0.39 is 0 Å². The lowest BCUT2D eigenvalue weighted by molar-refractivity contribution is -0.141. The van der Waals surface area contributed by atoms with Crippen LogP contribution in [0.2, 0.25) is 0 Å². The summed E-state index contributed by atoms with van der Waals surface area (Å²) in [6.07, 6.45) is 8.01. The van der Waals surface area contributed by atoms with Gasteiger partial charge in [-0.15, -0.1) is 10.2 Å². The largest absolute Gasteiger partial charge is 0.497 e. The van der Waals surface area contributed by atoms with Gasteiger partial charge in [0.2, 0.25) is 5.89 Å². The number of thioether (sulfide) groups is 1. The van der Waals surface area contributed by atoms with Gasteiger partial charge in [-0.1, -0.05) is 23.9 Å². The summed E-state index contributed by atoms with van der Waals surface area (Å²) in [5.74, 6) is 4.64. The van der Waals surface area contributed by atoms with E-state index in [1.54, 1.807) is 7.11 Å². The quantitative estimate of drug-likeness (QED) is 0.638. The summed E-state index contributed by atoms with van der Waals surface area (Å²) in [4.78, 5) is 13.1. The standard InChI is InChI=1S/C22H26N2O3S/c1-26-18-4-2-14(3-5-18)9-20-23-24-21(27-20)28-13-19(25)22-10-15-6-16(11-22)8-17(7-15)12-22/h2-5,15-17H,6-13H2,1H3. The second-order valence-corrected chi connectivity index (χ2v) is 9.82. The highest BCUT2D eigenvalue weighted by Gasteiger charge is 2.54. The van der Waals surface area contributed by atoms with Gasteiger partial charge in [0, 0.05) is 5.41 Å². The number of carbonyl (C=O) groups excluding carboxylic acids is 1. The fourth-order valence-corrected chi connectivity index (χ4v) is 6.83. The SMILES string of the molecule is COc1ccc(Cc2nnc(SCC(=O)C34CC5CC(CC(C5)C3)C4)o2)cc1. The summed E-state index contributed by atoms with van der Waals surface area (Å²) in [5.41, 5.74) is 1.04. The summed E-state index contributed by atoms with van der Waals surface area (Å²) in [7, 11) is 1.65. The van der Waals surface area contributed by atoms with Gasteiger partial charge in [-0.25, -0.2) is 0 Å². The first-order chi connectivity index (χ1) is 13.6. The minimum atomic E-state index is -0.0479. The fraction of sp³-hybridized carbons (Fsp3) is 0.591. The number of hydrogen-bond donors (Lipinski definition) is 0. The van der Waals surface area contributed by atoms with Crippen LogP contribution in [0, 0.1) is 23.2 Å². The molecule has 0 amide bonds. The number of hydrogen-bond acceptors (Lipinski definition) is 6. The predicted octanol–water partition coefficient (Wildman–Crippen LogP) is 4.55. The molecule has 0 aliphatic heterocycles. The molecule has 4 saturated carbocycles. The van der Waals surface area contributed by atoms with Gasteiger partial charge in [0.15, 0.2) is 0 Å². The first-order valence-electron chi connectivity index (χ1n) is 10.2. The zero-order chi connectivity index (χ0) is 19.1. The van der Waals surface area contributed by atoms with Crippen LogP contribution in [0.25, 0.3) is 0 Å². The molecule has 6 heteroatoms. The molecule has 2 aromatic rings. The van der Waals surface area contributed by atoms with E-state index in [0.717, 1.165) is 48.3 Å². The van der Waals surface area contributed by atoms with E-state index in [1.165, 1.54) is 31.0 Å². The zero-order valence-corrected chi connectivity index (χ0v) is 17.0. The zero-order valence-electron chi connectivity index (χ0n) is 16.2. The Morgan fingerprint density at radius 2 is 1.75 bits per heavy atom. The Hall–Kier alpha value is -1.82. The van der Waals surface area contributed by atoms with E-state index in [9.17, 15) is 4.79 Å². The molecule has 148 valence electrons. The molecule has 4 aliphatic rings. The van der Waals surface area contributed by atoms with Crippen LogP contribution in [-0.2, 0) is 11.2 Å². The smallest absolute Gasteiger partial charge is 0.277 e. The van der Waals surface area contributed by atoms with Crippen molar-refractivity contribution >= 4 is 17.5 Å². The molecule has 1 heterocycles. The maximum Gasteiger partial charge on any atom is 0.277 e. The van der Waals surface area contributed by atoms with Crippen LogP contribution in [-0.4, -0.2) is 28.8 Å². The Morgan fingerprint density at radius 1 is 1.11 bits per heavy atom. The number of ether oxygens (including phenoxy) is 1. The van der Waals surface area contributed by atoms with Gasteiger partial charge in [-0.3, -0.25) is 4.79 Å². The number of methoxy groups -OCH3 is 1. The predicted molar refractivity (Wildman–Crippen MR) is 106 cm³/mol. The summed E-state index contributed by atoms with van der Waals surface area (Å²) in [6, 6.07) is 7.83. The molecule has 0 saturated heterocycles. The summed E-state index contributed by atoms with van der Waals surface area (Å²) in [5, 5.41) is 8.78. The maximum atomic E-state index is 13.1. The number of ketones is 1. The molecule has 28 heavy (non-hydrogen) atoms. The summed E-state index contributed by atoms with van der Waals surface area (Å²) < 4.78 is 10.9. The first-order valence-corrected chi connectivity index (χ1v) is 11.2. The Morgan fingerprint density at radius 3 is 2.36 bits per heavy atom. The molecule has 4 bridgehead atoms.